The number of nitrogens with zero attached hydrogens (tertiary/aromatic N) is 1. The van der Waals surface area contributed by atoms with E-state index in [-0.39, 0.29) is 13.3 Å². The lowest BCUT2D eigenvalue weighted by molar-refractivity contribution is 0.238. The molecule has 0 saturated carbocycles. The number of hydrogen-bond donors (Lipinski definition) is 0. The van der Waals surface area contributed by atoms with E-state index in [0.29, 0.717) is 13.1 Å². The average Bonchev–Trinajstić information content (AvgIpc) is 1.88. The van der Waals surface area contributed by atoms with Crippen LogP contribution in [0.25, 0.3) is 0 Å². The molecule has 0 aromatic rings. The Hall–Kier alpha value is -0.180. The molecule has 0 unspecified atom stereocenters. The van der Waals surface area contributed by atoms with Crippen molar-refractivity contribution >= 4 is 0 Å². The summed E-state index contributed by atoms with van der Waals surface area (Å²) in [4.78, 5) is 1.74. The lowest BCUT2D eigenvalue weighted by Crippen LogP contribution is -2.27. The SMILES string of the molecule is CCN(CCF)CCF. The van der Waals surface area contributed by atoms with Gasteiger partial charge >= 0.3 is 0 Å². The van der Waals surface area contributed by atoms with E-state index in [4.69, 9.17) is 0 Å². The molecule has 0 aliphatic carbocycles. The molecule has 0 aromatic carbocycles. The van der Waals surface area contributed by atoms with Gasteiger partial charge in [0.2, 0.25) is 0 Å². The average molecular weight is 137 g/mol. The summed E-state index contributed by atoms with van der Waals surface area (Å²) >= 11 is 0. The molecule has 0 heterocycles. The molecule has 0 atom stereocenters. The third kappa shape index (κ3) is 4.33. The second kappa shape index (κ2) is 5.95. The van der Waals surface area contributed by atoms with Gasteiger partial charge in [-0.05, 0) is 6.54 Å². The Bertz CT molecular complexity index is 53.0. The van der Waals surface area contributed by atoms with Crippen LogP contribution in [0.15, 0.2) is 0 Å². The molecule has 1 nitrogen and oxygen atoms in total. The highest BCUT2D eigenvalue weighted by Gasteiger charge is 1.98. The van der Waals surface area contributed by atoms with E-state index in [1.165, 1.54) is 0 Å². The molecule has 0 saturated heterocycles. The van der Waals surface area contributed by atoms with Gasteiger partial charge in [-0.15, -0.1) is 0 Å². The topological polar surface area (TPSA) is 3.24 Å². The molecule has 3 heteroatoms. The van der Waals surface area contributed by atoms with Crippen LogP contribution in [0.3, 0.4) is 0 Å². The Morgan fingerprint density at radius 1 is 1.11 bits per heavy atom. The van der Waals surface area contributed by atoms with Gasteiger partial charge in [-0.25, -0.2) is 8.78 Å². The Morgan fingerprint density at radius 3 is 1.78 bits per heavy atom. The van der Waals surface area contributed by atoms with Crippen molar-refractivity contribution in [1.82, 2.24) is 4.90 Å². The zero-order valence-electron chi connectivity index (χ0n) is 5.74. The predicted octanol–water partition coefficient (Wildman–Crippen LogP) is 1.25. The normalized spacial score (nSPS) is 10.7. The largest absolute Gasteiger partial charge is 0.298 e. The third-order valence-electron chi connectivity index (χ3n) is 1.25. The van der Waals surface area contributed by atoms with Gasteiger partial charge in [-0.3, -0.25) is 4.90 Å². The maximum Gasteiger partial charge on any atom is 0.102 e. The molecule has 0 aromatic heterocycles. The summed E-state index contributed by atoms with van der Waals surface area (Å²) in [5.41, 5.74) is 0. The Kier molecular flexibility index (Phi) is 5.83. The third-order valence-corrected chi connectivity index (χ3v) is 1.25. The molecule has 0 spiro atoms. The van der Waals surface area contributed by atoms with Crippen molar-refractivity contribution in [3.63, 3.8) is 0 Å². The van der Waals surface area contributed by atoms with Crippen molar-refractivity contribution in [3.8, 4) is 0 Å². The molecule has 0 N–H and O–H groups in total. The van der Waals surface area contributed by atoms with E-state index in [0.717, 1.165) is 6.54 Å². The van der Waals surface area contributed by atoms with Crippen LogP contribution in [-0.2, 0) is 0 Å². The van der Waals surface area contributed by atoms with E-state index >= 15 is 0 Å². The highest BCUT2D eigenvalue weighted by Crippen LogP contribution is 1.86. The van der Waals surface area contributed by atoms with E-state index < -0.39 is 0 Å². The first-order valence-electron chi connectivity index (χ1n) is 3.19. The van der Waals surface area contributed by atoms with Gasteiger partial charge in [0.05, 0.1) is 0 Å². The zero-order chi connectivity index (χ0) is 7.11. The minimum atomic E-state index is -0.381. The standard InChI is InChI=1S/C6H13F2N/c1-2-9(5-3-7)6-4-8/h2-6H2,1H3. The van der Waals surface area contributed by atoms with E-state index in [1.54, 1.807) is 4.90 Å². The number of rotatable bonds is 5. The maximum atomic E-state index is 11.6. The Balaban J connectivity index is 3.18. The van der Waals surface area contributed by atoms with Crippen molar-refractivity contribution in [3.05, 3.63) is 0 Å². The summed E-state index contributed by atoms with van der Waals surface area (Å²) in [6.07, 6.45) is 0. The van der Waals surface area contributed by atoms with Gasteiger partial charge in [-0.1, -0.05) is 6.92 Å². The lowest BCUT2D eigenvalue weighted by atomic mass is 10.5. The van der Waals surface area contributed by atoms with Crippen LogP contribution in [-0.4, -0.2) is 37.9 Å². The van der Waals surface area contributed by atoms with Crippen LogP contribution in [0, 0.1) is 0 Å². The molecule has 0 fully saturated rings. The molecular formula is C6H13F2N. The van der Waals surface area contributed by atoms with Crippen molar-refractivity contribution in [2.75, 3.05) is 33.0 Å². The maximum absolute atomic E-state index is 11.6. The number of alkyl halides is 2. The monoisotopic (exact) mass is 137 g/mol. The van der Waals surface area contributed by atoms with Crippen LogP contribution in [0.2, 0.25) is 0 Å². The van der Waals surface area contributed by atoms with E-state index in [1.807, 2.05) is 6.92 Å². The Morgan fingerprint density at radius 2 is 1.56 bits per heavy atom. The highest BCUT2D eigenvalue weighted by atomic mass is 19.1. The fraction of sp³-hybridized carbons (Fsp3) is 1.00. The van der Waals surface area contributed by atoms with Gasteiger partial charge < -0.3 is 0 Å². The van der Waals surface area contributed by atoms with Gasteiger partial charge in [-0.2, -0.15) is 0 Å². The van der Waals surface area contributed by atoms with E-state index in [2.05, 4.69) is 0 Å². The number of hydrogen-bond acceptors (Lipinski definition) is 1. The second-order valence-corrected chi connectivity index (χ2v) is 1.81. The summed E-state index contributed by atoms with van der Waals surface area (Å²) in [5, 5.41) is 0. The molecule has 0 bridgehead atoms. The van der Waals surface area contributed by atoms with Crippen LogP contribution in [0.5, 0.6) is 0 Å². The lowest BCUT2D eigenvalue weighted by Gasteiger charge is -2.15. The smallest absolute Gasteiger partial charge is 0.102 e. The Labute approximate surface area is 54.7 Å². The molecule has 0 aliphatic rings. The summed E-state index contributed by atoms with van der Waals surface area (Å²) in [7, 11) is 0. The minimum absolute atomic E-state index is 0.362. The molecule has 0 amide bonds. The van der Waals surface area contributed by atoms with Gasteiger partial charge in [0.15, 0.2) is 0 Å². The summed E-state index contributed by atoms with van der Waals surface area (Å²) in [5.74, 6) is 0. The van der Waals surface area contributed by atoms with Gasteiger partial charge in [0.25, 0.3) is 0 Å². The molecule has 56 valence electrons. The van der Waals surface area contributed by atoms with Crippen LogP contribution < -0.4 is 0 Å². The predicted molar refractivity (Wildman–Crippen MR) is 34.1 cm³/mol. The van der Waals surface area contributed by atoms with Gasteiger partial charge in [0, 0.05) is 13.1 Å². The van der Waals surface area contributed by atoms with Crippen LogP contribution in [0.1, 0.15) is 6.92 Å². The summed E-state index contributed by atoms with van der Waals surface area (Å²) < 4.78 is 23.2. The zero-order valence-corrected chi connectivity index (χ0v) is 5.74. The summed E-state index contributed by atoms with van der Waals surface area (Å²) in [6, 6.07) is 0. The first-order valence-corrected chi connectivity index (χ1v) is 3.19. The minimum Gasteiger partial charge on any atom is -0.298 e. The fourth-order valence-corrected chi connectivity index (χ4v) is 0.667. The number of halogens is 2. The molecule has 0 rings (SSSR count). The summed E-state index contributed by atoms with van der Waals surface area (Å²) in [6.45, 7) is 2.58. The highest BCUT2D eigenvalue weighted by molar-refractivity contribution is 4.51. The first-order chi connectivity index (χ1) is 4.35. The molecule has 0 radical (unpaired) electrons. The fourth-order valence-electron chi connectivity index (χ4n) is 0.667. The second-order valence-electron chi connectivity index (χ2n) is 1.81. The van der Waals surface area contributed by atoms with Crippen molar-refractivity contribution < 1.29 is 8.78 Å². The first kappa shape index (κ1) is 8.82. The molecule has 0 aliphatic heterocycles. The van der Waals surface area contributed by atoms with Crippen molar-refractivity contribution in [1.29, 1.82) is 0 Å². The molecule has 9 heavy (non-hydrogen) atoms. The van der Waals surface area contributed by atoms with Crippen LogP contribution in [0.4, 0.5) is 8.78 Å². The molecular weight excluding hydrogens is 124 g/mol. The van der Waals surface area contributed by atoms with Gasteiger partial charge in [0.1, 0.15) is 13.3 Å². The van der Waals surface area contributed by atoms with Crippen molar-refractivity contribution in [2.45, 2.75) is 6.92 Å². The van der Waals surface area contributed by atoms with Crippen molar-refractivity contribution in [2.24, 2.45) is 0 Å². The van der Waals surface area contributed by atoms with Crippen LogP contribution >= 0.6 is 0 Å². The quantitative estimate of drug-likeness (QED) is 0.551. The van der Waals surface area contributed by atoms with E-state index in [9.17, 15) is 8.78 Å².